The third-order valence-electron chi connectivity index (χ3n) is 4.93. The Morgan fingerprint density at radius 2 is 1.94 bits per heavy atom. The first-order chi connectivity index (χ1) is 16.5. The summed E-state index contributed by atoms with van der Waals surface area (Å²) in [4.78, 5) is 15.9. The molecule has 0 spiro atoms. The van der Waals surface area contributed by atoms with Gasteiger partial charge in [0.15, 0.2) is 11.6 Å². The number of hydrogen-bond acceptors (Lipinski definition) is 5. The van der Waals surface area contributed by atoms with E-state index in [2.05, 4.69) is 28.3 Å². The third-order valence-corrected chi connectivity index (χ3v) is 4.93. The van der Waals surface area contributed by atoms with Gasteiger partial charge in [0, 0.05) is 29.0 Å². The van der Waals surface area contributed by atoms with Crippen molar-refractivity contribution in [3.05, 3.63) is 102 Å². The lowest BCUT2D eigenvalue weighted by Crippen LogP contribution is -2.07. The molecule has 1 amide bonds. The maximum atomic E-state index is 14.7. The largest absolute Gasteiger partial charge is 0.486 e. The van der Waals surface area contributed by atoms with Gasteiger partial charge in [-0.25, -0.2) is 8.78 Å². The van der Waals surface area contributed by atoms with Crippen LogP contribution in [0.25, 0.3) is 10.9 Å². The Labute approximate surface area is 194 Å². The van der Waals surface area contributed by atoms with Crippen molar-refractivity contribution in [2.45, 2.75) is 6.61 Å². The van der Waals surface area contributed by atoms with Crippen molar-refractivity contribution in [3.8, 4) is 11.8 Å². The van der Waals surface area contributed by atoms with E-state index >= 15 is 0 Å². The molecule has 1 heterocycles. The number of nitrogens with one attached hydrogen (secondary N) is 2. The Balaban J connectivity index is 1.61. The van der Waals surface area contributed by atoms with Crippen LogP contribution < -0.4 is 15.4 Å². The van der Waals surface area contributed by atoms with Gasteiger partial charge in [0.05, 0.1) is 16.8 Å². The van der Waals surface area contributed by atoms with Crippen LogP contribution in [-0.2, 0) is 11.4 Å². The summed E-state index contributed by atoms with van der Waals surface area (Å²) in [6.45, 7) is 3.44. The lowest BCUT2D eigenvalue weighted by atomic mass is 10.1. The van der Waals surface area contributed by atoms with Gasteiger partial charge in [-0.2, -0.15) is 5.26 Å². The monoisotopic (exact) mass is 456 g/mol. The van der Waals surface area contributed by atoms with Crippen molar-refractivity contribution < 1.29 is 18.3 Å². The van der Waals surface area contributed by atoms with Crippen LogP contribution in [0, 0.1) is 23.0 Å². The van der Waals surface area contributed by atoms with Gasteiger partial charge in [-0.15, -0.1) is 0 Å². The molecular weight excluding hydrogens is 438 g/mol. The normalized spacial score (nSPS) is 10.4. The second kappa shape index (κ2) is 9.79. The predicted molar refractivity (Wildman–Crippen MR) is 126 cm³/mol. The van der Waals surface area contributed by atoms with Gasteiger partial charge < -0.3 is 15.4 Å². The molecule has 0 atom stereocenters. The van der Waals surface area contributed by atoms with Crippen LogP contribution in [0.3, 0.4) is 0 Å². The molecule has 6 nitrogen and oxygen atoms in total. The Morgan fingerprint density at radius 3 is 2.68 bits per heavy atom. The number of anilines is 3. The van der Waals surface area contributed by atoms with Crippen LogP contribution in [0.4, 0.5) is 25.8 Å². The zero-order valence-electron chi connectivity index (χ0n) is 17.8. The number of carbonyl (C=O) groups excluding carboxylic acids is 1. The lowest BCUT2D eigenvalue weighted by molar-refractivity contribution is -0.111. The number of nitrogens with zero attached hydrogens (tertiary/aromatic N) is 2. The van der Waals surface area contributed by atoms with E-state index in [1.54, 1.807) is 36.4 Å². The zero-order valence-corrected chi connectivity index (χ0v) is 17.8. The molecule has 0 aliphatic carbocycles. The minimum absolute atomic E-state index is 0.00401. The molecule has 2 N–H and O–H groups in total. The summed E-state index contributed by atoms with van der Waals surface area (Å²) in [5.41, 5.74) is 2.67. The molecule has 34 heavy (non-hydrogen) atoms. The van der Waals surface area contributed by atoms with Crippen LogP contribution in [0.5, 0.6) is 5.75 Å². The van der Waals surface area contributed by atoms with Gasteiger partial charge in [-0.1, -0.05) is 18.7 Å². The van der Waals surface area contributed by atoms with Crippen molar-refractivity contribution in [2.75, 3.05) is 10.6 Å². The quantitative estimate of drug-likeness (QED) is 0.342. The molecule has 1 aromatic heterocycles. The first-order valence-corrected chi connectivity index (χ1v) is 10.2. The highest BCUT2D eigenvalue weighted by Gasteiger charge is 2.13. The van der Waals surface area contributed by atoms with Crippen molar-refractivity contribution >= 4 is 33.9 Å². The minimum Gasteiger partial charge on any atom is -0.486 e. The summed E-state index contributed by atoms with van der Waals surface area (Å²) in [7, 11) is 0. The zero-order chi connectivity index (χ0) is 24.1. The number of fused-ring (bicyclic) bond motifs is 1. The second-order valence-electron chi connectivity index (χ2n) is 7.27. The maximum absolute atomic E-state index is 14.7. The molecule has 0 unspecified atom stereocenters. The highest BCUT2D eigenvalue weighted by molar-refractivity contribution is 6.02. The average Bonchev–Trinajstić information content (AvgIpc) is 2.84. The van der Waals surface area contributed by atoms with Crippen molar-refractivity contribution in [1.82, 2.24) is 4.98 Å². The Morgan fingerprint density at radius 1 is 1.12 bits per heavy atom. The van der Waals surface area contributed by atoms with E-state index in [0.29, 0.717) is 33.5 Å². The average molecular weight is 456 g/mol. The number of amides is 1. The molecule has 0 aliphatic rings. The fraction of sp³-hybridized carbons (Fsp3) is 0.0385. The summed E-state index contributed by atoms with van der Waals surface area (Å²) < 4.78 is 33.5. The molecule has 0 saturated heterocycles. The molecule has 0 radical (unpaired) electrons. The summed E-state index contributed by atoms with van der Waals surface area (Å²) in [5.74, 6) is -1.40. The number of rotatable bonds is 7. The number of pyridine rings is 1. The summed E-state index contributed by atoms with van der Waals surface area (Å²) in [6.07, 6.45) is 2.56. The number of aromatic nitrogens is 1. The van der Waals surface area contributed by atoms with Crippen molar-refractivity contribution in [1.29, 1.82) is 5.26 Å². The van der Waals surface area contributed by atoms with E-state index in [-0.39, 0.29) is 23.8 Å². The SMILES string of the molecule is C=CC(=O)Nc1ccc2ncc(C#N)c(Nc3ccc(OCc4cccc(F)c4)c(F)c3)c2c1. The van der Waals surface area contributed by atoms with Crippen LogP contribution in [0.2, 0.25) is 0 Å². The number of halogens is 2. The number of carbonyl (C=O) groups is 1. The summed E-state index contributed by atoms with van der Waals surface area (Å²) >= 11 is 0. The molecule has 4 rings (SSSR count). The molecule has 0 bridgehead atoms. The van der Waals surface area contributed by atoms with Gasteiger partial charge in [0.25, 0.3) is 0 Å². The number of benzene rings is 3. The van der Waals surface area contributed by atoms with Crippen LogP contribution in [0.1, 0.15) is 11.1 Å². The molecular formula is C26H18F2N4O2. The van der Waals surface area contributed by atoms with Crippen LogP contribution in [-0.4, -0.2) is 10.9 Å². The fourth-order valence-electron chi connectivity index (χ4n) is 3.31. The van der Waals surface area contributed by atoms with E-state index in [1.807, 2.05) is 0 Å². The molecule has 168 valence electrons. The van der Waals surface area contributed by atoms with E-state index in [1.165, 1.54) is 30.5 Å². The Hall–Kier alpha value is -4.77. The lowest BCUT2D eigenvalue weighted by Gasteiger charge is -2.14. The van der Waals surface area contributed by atoms with Gasteiger partial charge in [-0.3, -0.25) is 9.78 Å². The smallest absolute Gasteiger partial charge is 0.247 e. The highest BCUT2D eigenvalue weighted by Crippen LogP contribution is 2.32. The molecule has 3 aromatic carbocycles. The topological polar surface area (TPSA) is 87.0 Å². The first kappa shape index (κ1) is 22.4. The van der Waals surface area contributed by atoms with E-state index in [4.69, 9.17) is 4.74 Å². The minimum atomic E-state index is -0.628. The number of ether oxygens (including phenoxy) is 1. The van der Waals surface area contributed by atoms with Gasteiger partial charge in [0.1, 0.15) is 18.5 Å². The summed E-state index contributed by atoms with van der Waals surface area (Å²) in [6, 6.07) is 17.3. The standard InChI is InChI=1S/C26H18F2N4O2/c1-2-25(33)31-19-6-8-23-21(11-19)26(17(13-29)14-30-23)32-20-7-9-24(22(28)12-20)34-15-16-4-3-5-18(27)10-16/h2-12,14H,1,15H2,(H,30,32)(H,31,33). The van der Waals surface area contributed by atoms with Crippen molar-refractivity contribution in [3.63, 3.8) is 0 Å². The predicted octanol–water partition coefficient (Wildman–Crippen LogP) is 5.83. The second-order valence-corrected chi connectivity index (χ2v) is 7.27. The summed E-state index contributed by atoms with van der Waals surface area (Å²) in [5, 5.41) is 15.9. The van der Waals surface area contributed by atoms with Crippen molar-refractivity contribution in [2.24, 2.45) is 0 Å². The highest BCUT2D eigenvalue weighted by atomic mass is 19.1. The Bertz CT molecular complexity index is 1450. The number of nitriles is 1. The Kier molecular flexibility index (Phi) is 6.46. The van der Waals surface area contributed by atoms with E-state index < -0.39 is 11.6 Å². The van der Waals surface area contributed by atoms with Crippen LogP contribution in [0.15, 0.2) is 79.5 Å². The third kappa shape index (κ3) is 5.00. The van der Waals surface area contributed by atoms with E-state index in [9.17, 15) is 18.8 Å². The van der Waals surface area contributed by atoms with Crippen LogP contribution >= 0.6 is 0 Å². The maximum Gasteiger partial charge on any atom is 0.247 e. The molecule has 8 heteroatoms. The molecule has 0 aliphatic heterocycles. The molecule has 0 fully saturated rings. The van der Waals surface area contributed by atoms with Gasteiger partial charge in [-0.05, 0) is 54.1 Å². The molecule has 0 saturated carbocycles. The van der Waals surface area contributed by atoms with Gasteiger partial charge in [0.2, 0.25) is 5.91 Å². The number of hydrogen-bond donors (Lipinski definition) is 2. The van der Waals surface area contributed by atoms with Gasteiger partial charge >= 0.3 is 0 Å². The first-order valence-electron chi connectivity index (χ1n) is 10.2. The fourth-order valence-corrected chi connectivity index (χ4v) is 3.31. The molecule has 4 aromatic rings. The van der Waals surface area contributed by atoms with E-state index in [0.717, 1.165) is 6.08 Å².